The number of rotatable bonds is 5. The van der Waals surface area contributed by atoms with Gasteiger partial charge in [-0.25, -0.2) is 17.4 Å². The molecule has 2 aromatic carbocycles. The van der Waals surface area contributed by atoms with Gasteiger partial charge in [0.25, 0.3) is 10.0 Å². The lowest BCUT2D eigenvalue weighted by Gasteiger charge is -2.29. The zero-order valence-electron chi connectivity index (χ0n) is 21.6. The Morgan fingerprint density at radius 1 is 0.949 bits per heavy atom. The molecule has 10 heteroatoms. The van der Waals surface area contributed by atoms with Gasteiger partial charge in [-0.2, -0.15) is 0 Å². The predicted molar refractivity (Wildman–Crippen MR) is 151 cm³/mol. The van der Waals surface area contributed by atoms with Crippen molar-refractivity contribution in [1.29, 1.82) is 0 Å². The Balaban J connectivity index is 1.62. The molecule has 0 saturated carbocycles. The number of pyridine rings is 2. The molecule has 2 N–H and O–H groups in total. The normalized spacial score (nSPS) is 14.3. The van der Waals surface area contributed by atoms with Gasteiger partial charge in [-0.15, -0.1) is 0 Å². The summed E-state index contributed by atoms with van der Waals surface area (Å²) in [6.45, 7) is 6.48. The highest BCUT2D eigenvalue weighted by molar-refractivity contribution is 7.90. The molecule has 9 nitrogen and oxygen atoms in total. The number of anilines is 1. The fraction of sp³-hybridized carbons (Fsp3) is 0.207. The van der Waals surface area contributed by atoms with Gasteiger partial charge in [-0.3, -0.25) is 9.78 Å². The lowest BCUT2D eigenvalue weighted by molar-refractivity contribution is 0.1000. The number of fused-ring (bicyclic) bond motifs is 2. The molecule has 0 bridgehead atoms. The first-order chi connectivity index (χ1) is 18.8. The van der Waals surface area contributed by atoms with Crippen LogP contribution in [0, 0.1) is 13.8 Å². The molecule has 3 aromatic heterocycles. The smallest absolute Gasteiger partial charge is 0.269 e. The number of primary amides is 1. The van der Waals surface area contributed by atoms with E-state index in [9.17, 15) is 13.2 Å². The van der Waals surface area contributed by atoms with E-state index in [0.29, 0.717) is 29.9 Å². The molecule has 1 saturated heterocycles. The van der Waals surface area contributed by atoms with E-state index in [1.54, 1.807) is 43.5 Å². The van der Waals surface area contributed by atoms with Crippen LogP contribution in [-0.4, -0.2) is 54.6 Å². The zero-order valence-corrected chi connectivity index (χ0v) is 22.4. The first-order valence-electron chi connectivity index (χ1n) is 12.6. The summed E-state index contributed by atoms with van der Waals surface area (Å²) in [5, 5.41) is 1.47. The van der Waals surface area contributed by atoms with Gasteiger partial charge < -0.3 is 15.4 Å². The second-order valence-electron chi connectivity index (χ2n) is 9.66. The lowest BCUT2D eigenvalue weighted by atomic mass is 9.99. The molecular weight excluding hydrogens is 514 g/mol. The van der Waals surface area contributed by atoms with Crippen molar-refractivity contribution in [3.8, 4) is 11.1 Å². The molecule has 0 radical (unpaired) electrons. The molecule has 0 atom stereocenters. The number of aryl methyl sites for hydroxylation is 1. The van der Waals surface area contributed by atoms with Gasteiger partial charge in [0, 0.05) is 53.2 Å². The number of benzene rings is 2. The van der Waals surface area contributed by atoms with Crippen LogP contribution in [0.5, 0.6) is 0 Å². The third-order valence-corrected chi connectivity index (χ3v) is 8.99. The van der Waals surface area contributed by atoms with Gasteiger partial charge in [-0.05, 0) is 55.8 Å². The Kier molecular flexibility index (Phi) is 6.08. The Labute approximate surface area is 225 Å². The Morgan fingerprint density at radius 3 is 2.41 bits per heavy atom. The second-order valence-corrected chi connectivity index (χ2v) is 11.5. The molecular formula is C29H27N5O4S. The van der Waals surface area contributed by atoms with Crippen LogP contribution in [0.4, 0.5) is 5.69 Å². The summed E-state index contributed by atoms with van der Waals surface area (Å²) in [6, 6.07) is 16.2. The molecule has 6 rings (SSSR count). The van der Waals surface area contributed by atoms with E-state index in [2.05, 4.69) is 14.9 Å². The van der Waals surface area contributed by atoms with Gasteiger partial charge in [-0.1, -0.05) is 23.8 Å². The minimum Gasteiger partial charge on any atom is -0.378 e. The summed E-state index contributed by atoms with van der Waals surface area (Å²) < 4.78 is 34.6. The zero-order chi connectivity index (χ0) is 27.3. The third-order valence-electron chi connectivity index (χ3n) is 7.20. The van der Waals surface area contributed by atoms with Crippen molar-refractivity contribution in [3.05, 3.63) is 83.8 Å². The van der Waals surface area contributed by atoms with Crippen LogP contribution in [0.2, 0.25) is 0 Å². The highest BCUT2D eigenvalue weighted by atomic mass is 32.2. The Hall–Kier alpha value is -4.28. The molecule has 198 valence electrons. The summed E-state index contributed by atoms with van der Waals surface area (Å²) in [6.07, 6.45) is 3.11. The number of hydrogen-bond acceptors (Lipinski definition) is 7. The summed E-state index contributed by atoms with van der Waals surface area (Å²) >= 11 is 0. The molecule has 1 aliphatic rings. The van der Waals surface area contributed by atoms with E-state index < -0.39 is 15.9 Å². The predicted octanol–water partition coefficient (Wildman–Crippen LogP) is 4.04. The fourth-order valence-corrected chi connectivity index (χ4v) is 6.75. The summed E-state index contributed by atoms with van der Waals surface area (Å²) in [7, 11) is -4.00. The summed E-state index contributed by atoms with van der Waals surface area (Å²) in [4.78, 5) is 23.5. The summed E-state index contributed by atoms with van der Waals surface area (Å²) in [5.74, 6) is -0.639. The van der Waals surface area contributed by atoms with E-state index in [1.807, 2.05) is 31.2 Å². The van der Waals surface area contributed by atoms with Crippen LogP contribution in [-0.2, 0) is 14.8 Å². The van der Waals surface area contributed by atoms with E-state index in [-0.39, 0.29) is 16.1 Å². The van der Waals surface area contributed by atoms with Crippen LogP contribution < -0.4 is 10.6 Å². The highest BCUT2D eigenvalue weighted by Gasteiger charge is 2.27. The maximum Gasteiger partial charge on any atom is 0.269 e. The average Bonchev–Trinajstić information content (AvgIpc) is 3.24. The largest absolute Gasteiger partial charge is 0.378 e. The van der Waals surface area contributed by atoms with Crippen LogP contribution in [0.15, 0.2) is 71.9 Å². The topological polar surface area (TPSA) is 120 Å². The van der Waals surface area contributed by atoms with Crippen molar-refractivity contribution < 1.29 is 17.9 Å². The van der Waals surface area contributed by atoms with E-state index in [1.165, 1.54) is 10.2 Å². The van der Waals surface area contributed by atoms with E-state index in [0.717, 1.165) is 40.8 Å². The number of ether oxygens (including phenoxy) is 1. The molecule has 5 aromatic rings. The maximum atomic E-state index is 13.9. The number of morpholine rings is 1. The first-order valence-corrected chi connectivity index (χ1v) is 14.0. The number of amides is 1. The number of hydrogen-bond donors (Lipinski definition) is 1. The monoisotopic (exact) mass is 541 g/mol. The van der Waals surface area contributed by atoms with Gasteiger partial charge in [0.15, 0.2) is 5.65 Å². The number of aromatic nitrogens is 3. The van der Waals surface area contributed by atoms with Crippen molar-refractivity contribution >= 4 is 43.6 Å². The van der Waals surface area contributed by atoms with Gasteiger partial charge in [0.1, 0.15) is 0 Å². The second kappa shape index (κ2) is 9.48. The number of carbonyl (C=O) groups is 1. The molecule has 0 aliphatic carbocycles. The van der Waals surface area contributed by atoms with E-state index in [4.69, 9.17) is 10.5 Å². The molecule has 39 heavy (non-hydrogen) atoms. The fourth-order valence-electron chi connectivity index (χ4n) is 5.23. The number of nitrogens with zero attached hydrogens (tertiary/aromatic N) is 4. The average molecular weight is 542 g/mol. The minimum absolute atomic E-state index is 0.151. The molecule has 0 unspecified atom stereocenters. The van der Waals surface area contributed by atoms with Gasteiger partial charge in [0.05, 0.1) is 29.2 Å². The lowest BCUT2D eigenvalue weighted by Crippen LogP contribution is -2.36. The maximum absolute atomic E-state index is 13.9. The molecule has 1 fully saturated rings. The number of nitrogens with two attached hydrogens (primary N) is 1. The van der Waals surface area contributed by atoms with E-state index >= 15 is 0 Å². The standard InChI is InChI=1S/C29H27N5O4S/c1-18-3-6-22(7-4-18)39(36,37)34-19(2)27(24-16-21(28(30)35)17-32-29(24)34)20-5-8-25-23(15-20)26(9-10-31-25)33-11-13-38-14-12-33/h3-10,15-17H,11-14H2,1-2H3,(H2,30,35). The molecule has 1 aliphatic heterocycles. The first kappa shape index (κ1) is 25.0. The van der Waals surface area contributed by atoms with Gasteiger partial charge in [0.2, 0.25) is 5.91 Å². The van der Waals surface area contributed by atoms with Crippen molar-refractivity contribution in [3.63, 3.8) is 0 Å². The number of carbonyl (C=O) groups excluding carboxylic acids is 1. The molecule has 4 heterocycles. The third kappa shape index (κ3) is 4.21. The summed E-state index contributed by atoms with van der Waals surface area (Å²) in [5.41, 5.74) is 10.8. The highest BCUT2D eigenvalue weighted by Crippen LogP contribution is 2.39. The van der Waals surface area contributed by atoms with Crippen LogP contribution >= 0.6 is 0 Å². The molecule has 0 spiro atoms. The Morgan fingerprint density at radius 2 is 1.69 bits per heavy atom. The van der Waals surface area contributed by atoms with Crippen LogP contribution in [0.25, 0.3) is 33.1 Å². The quantitative estimate of drug-likeness (QED) is 0.357. The minimum atomic E-state index is -4.00. The van der Waals surface area contributed by atoms with Crippen LogP contribution in [0.3, 0.4) is 0 Å². The van der Waals surface area contributed by atoms with Gasteiger partial charge >= 0.3 is 0 Å². The SMILES string of the molecule is Cc1ccc(S(=O)(=O)n2c(C)c(-c3ccc4nccc(N5CCOCC5)c4c3)c3cc(C(N)=O)cnc32)cc1. The van der Waals surface area contributed by atoms with Crippen molar-refractivity contribution in [2.45, 2.75) is 18.7 Å². The van der Waals surface area contributed by atoms with Crippen LogP contribution in [0.1, 0.15) is 21.6 Å². The van der Waals surface area contributed by atoms with Crippen molar-refractivity contribution in [2.75, 3.05) is 31.2 Å². The Bertz CT molecular complexity index is 1860. The van der Waals surface area contributed by atoms with Crippen molar-refractivity contribution in [1.82, 2.24) is 13.9 Å². The molecule has 1 amide bonds. The van der Waals surface area contributed by atoms with Crippen molar-refractivity contribution in [2.24, 2.45) is 5.73 Å².